The Morgan fingerprint density at radius 1 is 0.829 bits per heavy atom. The van der Waals surface area contributed by atoms with Gasteiger partial charge in [-0.3, -0.25) is 14.5 Å². The van der Waals surface area contributed by atoms with Crippen molar-refractivity contribution in [1.82, 2.24) is 9.88 Å². The van der Waals surface area contributed by atoms with Crippen LogP contribution in [0.4, 0.5) is 5.69 Å². The number of piperazine rings is 1. The lowest BCUT2D eigenvalue weighted by Crippen LogP contribution is -2.48. The van der Waals surface area contributed by atoms with Crippen molar-refractivity contribution in [3.8, 4) is 22.3 Å². The highest BCUT2D eigenvalue weighted by molar-refractivity contribution is 5.93. The number of carbonyl (C=O) groups is 1. The van der Waals surface area contributed by atoms with Gasteiger partial charge in [-0.25, -0.2) is 0 Å². The number of anilines is 1. The number of benzene rings is 3. The molecule has 1 saturated heterocycles. The molecule has 0 saturated carbocycles. The highest BCUT2D eigenvalue weighted by Crippen LogP contribution is 2.28. The lowest BCUT2D eigenvalue weighted by Gasteiger charge is -2.38. The number of hydrogen-bond acceptors (Lipinski definition) is 4. The van der Waals surface area contributed by atoms with Crippen molar-refractivity contribution in [2.45, 2.75) is 19.9 Å². The molecule has 0 spiro atoms. The van der Waals surface area contributed by atoms with E-state index in [0.29, 0.717) is 17.2 Å². The van der Waals surface area contributed by atoms with E-state index in [9.17, 15) is 9.59 Å². The molecule has 0 aliphatic carbocycles. The molecule has 6 nitrogen and oxygen atoms in total. The van der Waals surface area contributed by atoms with Crippen LogP contribution in [0.1, 0.15) is 24.2 Å². The summed E-state index contributed by atoms with van der Waals surface area (Å²) in [4.78, 5) is 32.0. The van der Waals surface area contributed by atoms with Crippen molar-refractivity contribution in [3.05, 3.63) is 88.7 Å². The summed E-state index contributed by atoms with van der Waals surface area (Å²) in [6.45, 7) is 8.79. The molecule has 6 heteroatoms. The summed E-state index contributed by atoms with van der Waals surface area (Å²) in [7, 11) is 0. The van der Waals surface area contributed by atoms with Gasteiger partial charge >= 0.3 is 0 Å². The van der Waals surface area contributed by atoms with Gasteiger partial charge in [0.15, 0.2) is 0 Å². The normalized spacial score (nSPS) is 14.5. The third-order valence-electron chi connectivity index (χ3n) is 6.93. The van der Waals surface area contributed by atoms with E-state index >= 15 is 0 Å². The third-order valence-corrected chi connectivity index (χ3v) is 6.93. The van der Waals surface area contributed by atoms with Gasteiger partial charge in [0.2, 0.25) is 5.91 Å². The van der Waals surface area contributed by atoms with Crippen LogP contribution < -0.4 is 16.2 Å². The number of carbonyl (C=O) groups excluding carboxylic acids is 1. The maximum absolute atomic E-state index is 12.7. The van der Waals surface area contributed by atoms with Gasteiger partial charge in [0, 0.05) is 54.6 Å². The van der Waals surface area contributed by atoms with Crippen LogP contribution in [0.3, 0.4) is 0 Å². The number of aromatic nitrogens is 1. The lowest BCUT2D eigenvalue weighted by molar-refractivity contribution is 0.100. The number of nitrogens with two attached hydrogens (primary N) is 1. The van der Waals surface area contributed by atoms with E-state index in [1.54, 1.807) is 24.3 Å². The highest BCUT2D eigenvalue weighted by Gasteiger charge is 2.19. The maximum Gasteiger partial charge on any atom is 0.256 e. The predicted molar refractivity (Wildman–Crippen MR) is 143 cm³/mol. The Hall–Kier alpha value is -3.90. The summed E-state index contributed by atoms with van der Waals surface area (Å²) in [6, 6.07) is 24.1. The van der Waals surface area contributed by atoms with Crippen LogP contribution in [0.5, 0.6) is 0 Å². The zero-order chi connectivity index (χ0) is 24.5. The Labute approximate surface area is 205 Å². The van der Waals surface area contributed by atoms with E-state index in [0.717, 1.165) is 53.8 Å². The van der Waals surface area contributed by atoms with Crippen LogP contribution >= 0.6 is 0 Å². The van der Waals surface area contributed by atoms with E-state index in [-0.39, 0.29) is 5.56 Å². The predicted octanol–water partition coefficient (Wildman–Crippen LogP) is 4.49. The smallest absolute Gasteiger partial charge is 0.256 e. The fourth-order valence-corrected chi connectivity index (χ4v) is 4.78. The molecule has 0 atom stereocenters. The number of rotatable bonds is 5. The first-order chi connectivity index (χ1) is 16.9. The minimum Gasteiger partial charge on any atom is -0.369 e. The van der Waals surface area contributed by atoms with Crippen molar-refractivity contribution >= 4 is 22.5 Å². The molecule has 1 aliphatic heterocycles. The number of nitrogens with one attached hydrogen (secondary N) is 1. The molecule has 1 aromatic heterocycles. The Kier molecular flexibility index (Phi) is 6.14. The van der Waals surface area contributed by atoms with Crippen molar-refractivity contribution < 1.29 is 4.79 Å². The standard InChI is InChI=1S/C29H30N4O2/c1-19(2)32-13-15-33(16-14-32)25-10-7-20(8-11-25)23-9-12-27-24(17-23)18-26(29(35)31-27)21-3-5-22(6-4-21)28(30)34/h3-12,17-19H,13-16H2,1-2H3,(H2,30,34)(H,31,35). The second kappa shape index (κ2) is 9.39. The van der Waals surface area contributed by atoms with Crippen LogP contribution in [0.25, 0.3) is 33.2 Å². The second-order valence-electron chi connectivity index (χ2n) is 9.42. The lowest BCUT2D eigenvalue weighted by atomic mass is 10.00. The van der Waals surface area contributed by atoms with Gasteiger partial charge in [-0.05, 0) is 78.4 Å². The van der Waals surface area contributed by atoms with Crippen molar-refractivity contribution in [1.29, 1.82) is 0 Å². The largest absolute Gasteiger partial charge is 0.369 e. The molecule has 35 heavy (non-hydrogen) atoms. The van der Waals surface area contributed by atoms with E-state index in [1.165, 1.54) is 5.69 Å². The average molecular weight is 467 g/mol. The SMILES string of the molecule is CC(C)N1CCN(c2ccc(-c3ccc4[nH]c(=O)c(-c5ccc(C(N)=O)cc5)cc4c3)cc2)CC1. The van der Waals surface area contributed by atoms with Crippen molar-refractivity contribution in [3.63, 3.8) is 0 Å². The number of pyridine rings is 1. The van der Waals surface area contributed by atoms with Crippen LogP contribution in [-0.2, 0) is 0 Å². The molecule has 0 unspecified atom stereocenters. The number of fused-ring (bicyclic) bond motifs is 1. The van der Waals surface area contributed by atoms with Crippen molar-refractivity contribution in [2.75, 3.05) is 31.1 Å². The Morgan fingerprint density at radius 3 is 2.09 bits per heavy atom. The first-order valence-corrected chi connectivity index (χ1v) is 12.1. The number of hydrogen-bond donors (Lipinski definition) is 2. The summed E-state index contributed by atoms with van der Waals surface area (Å²) in [5.41, 5.74) is 11.2. The number of H-pyrrole nitrogens is 1. The second-order valence-corrected chi connectivity index (χ2v) is 9.42. The molecule has 4 aromatic rings. The molecule has 3 N–H and O–H groups in total. The number of aromatic amines is 1. The van der Waals surface area contributed by atoms with Gasteiger partial charge in [-0.15, -0.1) is 0 Å². The molecule has 3 aromatic carbocycles. The van der Waals surface area contributed by atoms with Crippen LogP contribution in [-0.4, -0.2) is 48.0 Å². The summed E-state index contributed by atoms with van der Waals surface area (Å²) in [5.74, 6) is -0.488. The van der Waals surface area contributed by atoms with E-state index in [4.69, 9.17) is 5.73 Å². The Morgan fingerprint density at radius 2 is 1.46 bits per heavy atom. The van der Waals surface area contributed by atoms with E-state index in [2.05, 4.69) is 59.0 Å². The number of amides is 1. The first kappa shape index (κ1) is 22.9. The number of primary amides is 1. The monoisotopic (exact) mass is 466 g/mol. The van der Waals surface area contributed by atoms with Gasteiger partial charge in [-0.1, -0.05) is 30.3 Å². The molecule has 1 fully saturated rings. The summed E-state index contributed by atoms with van der Waals surface area (Å²) in [5, 5.41) is 0.949. The number of nitrogens with zero attached hydrogens (tertiary/aromatic N) is 2. The molecule has 178 valence electrons. The zero-order valence-corrected chi connectivity index (χ0v) is 20.1. The van der Waals surface area contributed by atoms with Crippen LogP contribution in [0.2, 0.25) is 0 Å². The molecule has 5 rings (SSSR count). The molecular weight excluding hydrogens is 436 g/mol. The Balaban J connectivity index is 1.40. The van der Waals surface area contributed by atoms with E-state index < -0.39 is 5.91 Å². The highest BCUT2D eigenvalue weighted by atomic mass is 16.1. The van der Waals surface area contributed by atoms with Gasteiger partial charge in [0.1, 0.15) is 0 Å². The fourth-order valence-electron chi connectivity index (χ4n) is 4.78. The van der Waals surface area contributed by atoms with Crippen molar-refractivity contribution in [2.24, 2.45) is 5.73 Å². The molecule has 1 amide bonds. The first-order valence-electron chi connectivity index (χ1n) is 12.1. The maximum atomic E-state index is 12.7. The van der Waals surface area contributed by atoms with E-state index in [1.807, 2.05) is 18.2 Å². The van der Waals surface area contributed by atoms with Crippen LogP contribution in [0, 0.1) is 0 Å². The zero-order valence-electron chi connectivity index (χ0n) is 20.1. The topological polar surface area (TPSA) is 82.4 Å². The van der Waals surface area contributed by atoms with Gasteiger partial charge in [0.05, 0.1) is 0 Å². The quantitative estimate of drug-likeness (QED) is 0.454. The average Bonchev–Trinajstić information content (AvgIpc) is 2.88. The third kappa shape index (κ3) is 4.70. The molecule has 0 bridgehead atoms. The molecular formula is C29H30N4O2. The van der Waals surface area contributed by atoms with Gasteiger partial charge in [0.25, 0.3) is 5.56 Å². The summed E-state index contributed by atoms with van der Waals surface area (Å²) in [6.07, 6.45) is 0. The Bertz CT molecular complexity index is 1410. The molecule has 2 heterocycles. The summed E-state index contributed by atoms with van der Waals surface area (Å²) >= 11 is 0. The minimum atomic E-state index is -0.488. The van der Waals surface area contributed by atoms with Gasteiger partial charge < -0.3 is 15.6 Å². The molecule has 0 radical (unpaired) electrons. The molecule has 1 aliphatic rings. The van der Waals surface area contributed by atoms with Crippen LogP contribution in [0.15, 0.2) is 77.6 Å². The van der Waals surface area contributed by atoms with Gasteiger partial charge in [-0.2, -0.15) is 0 Å². The fraction of sp³-hybridized carbons (Fsp3) is 0.241. The summed E-state index contributed by atoms with van der Waals surface area (Å²) < 4.78 is 0. The minimum absolute atomic E-state index is 0.168.